The summed E-state index contributed by atoms with van der Waals surface area (Å²) in [4.78, 5) is 14.5. The van der Waals surface area contributed by atoms with Crippen LogP contribution in [-0.4, -0.2) is 55.2 Å². The van der Waals surface area contributed by atoms with Crippen LogP contribution in [0, 0.1) is 6.92 Å². The molecule has 0 radical (unpaired) electrons. The zero-order chi connectivity index (χ0) is 23.7. The molecule has 8 nitrogen and oxygen atoms in total. The number of hydrogen-bond acceptors (Lipinski definition) is 5. The molecule has 1 saturated heterocycles. The largest absolute Gasteiger partial charge is 1.00 e. The predicted molar refractivity (Wildman–Crippen MR) is 113 cm³/mol. The van der Waals surface area contributed by atoms with Crippen LogP contribution in [0.5, 0.6) is 0 Å². The molecular formula is C20H25F3N5NaO3S. The smallest absolute Gasteiger partial charge is 0.528 e. The average molecular weight is 496 g/mol. The molecular weight excluding hydrogens is 470 g/mol. The van der Waals surface area contributed by atoms with Crippen molar-refractivity contribution in [1.82, 2.24) is 14.7 Å². The molecule has 33 heavy (non-hydrogen) atoms. The number of nitrogens with zero attached hydrogens (tertiary/aromatic N) is 5. The molecule has 0 aliphatic carbocycles. The molecule has 3 rings (SSSR count). The molecule has 1 fully saturated rings. The number of aryl methyl sites for hydroxylation is 2. The number of benzene rings is 1. The number of carbonyl (C=O) groups excluding carboxylic acids is 1. The number of halogens is 3. The van der Waals surface area contributed by atoms with Crippen molar-refractivity contribution in [1.29, 1.82) is 0 Å². The van der Waals surface area contributed by atoms with Gasteiger partial charge in [-0.2, -0.15) is 18.3 Å². The van der Waals surface area contributed by atoms with Gasteiger partial charge in [-0.3, -0.25) is 8.99 Å². The van der Waals surface area contributed by atoms with Crippen LogP contribution in [0.15, 0.2) is 30.6 Å². The monoisotopic (exact) mass is 495 g/mol. The maximum atomic E-state index is 13.1. The van der Waals surface area contributed by atoms with Crippen LogP contribution in [0.4, 0.5) is 18.9 Å². The fourth-order valence-electron chi connectivity index (χ4n) is 3.89. The van der Waals surface area contributed by atoms with Crippen molar-refractivity contribution in [2.24, 2.45) is 7.05 Å². The van der Waals surface area contributed by atoms with Crippen molar-refractivity contribution >= 4 is 21.8 Å². The Morgan fingerprint density at radius 2 is 1.97 bits per heavy atom. The van der Waals surface area contributed by atoms with Gasteiger partial charge in [-0.25, -0.2) is 8.42 Å². The van der Waals surface area contributed by atoms with Crippen molar-refractivity contribution in [2.45, 2.75) is 38.4 Å². The third-order valence-electron chi connectivity index (χ3n) is 5.16. The average Bonchev–Trinajstić information content (AvgIpc) is 3.05. The number of aromatic nitrogens is 2. The Bertz CT molecular complexity index is 1090. The predicted octanol–water partition coefficient (Wildman–Crippen LogP) is 0.0397. The molecule has 2 heterocycles. The SMILES string of the molecule is Cc1cc(CC(=O)[N-]S(=O)(=O)N(c2cnn(C)c2)C2CCCN(C)C2)cc(C(F)(F)F)c1.[Na+]. The van der Waals surface area contributed by atoms with Gasteiger partial charge in [-0.05, 0) is 51.1 Å². The Balaban J connectivity index is 0.00000385. The first kappa shape index (κ1) is 27.6. The molecule has 0 N–H and O–H groups in total. The van der Waals surface area contributed by atoms with Gasteiger partial charge in [0.1, 0.15) is 0 Å². The van der Waals surface area contributed by atoms with Gasteiger partial charge in [0, 0.05) is 26.2 Å². The quantitative estimate of drug-likeness (QED) is 0.528. The second kappa shape index (κ2) is 10.8. The fraction of sp³-hybridized carbons (Fsp3) is 0.500. The number of carbonyl (C=O) groups is 1. The summed E-state index contributed by atoms with van der Waals surface area (Å²) in [5.41, 5.74) is -0.260. The second-order valence-corrected chi connectivity index (χ2v) is 9.54. The Morgan fingerprint density at radius 3 is 2.55 bits per heavy atom. The number of piperidine rings is 1. The fourth-order valence-corrected chi connectivity index (χ4v) is 5.21. The Kier molecular flexibility index (Phi) is 9.02. The van der Waals surface area contributed by atoms with Gasteiger partial charge in [0.05, 0.1) is 29.4 Å². The molecule has 1 aromatic heterocycles. The summed E-state index contributed by atoms with van der Waals surface area (Å²) in [6.45, 7) is 2.74. The zero-order valence-electron chi connectivity index (χ0n) is 19.0. The van der Waals surface area contributed by atoms with E-state index >= 15 is 0 Å². The number of hydrogen-bond donors (Lipinski definition) is 0. The standard InChI is InChI=1S/C20H26F3N5O3S.Na/c1-14-7-15(9-16(8-14)20(21,22)23)10-19(29)25-32(30,31)28(18-11-24-27(3)13-18)17-5-4-6-26(2)12-17;/h7-9,11,13,17H,4-6,10,12H2,1-3H3,(H,25,29);/q;+1/p-1. The topological polar surface area (TPSA) is 89.6 Å². The summed E-state index contributed by atoms with van der Waals surface area (Å²) >= 11 is 0. The molecule has 0 spiro atoms. The summed E-state index contributed by atoms with van der Waals surface area (Å²) in [5, 5.41) is 4.02. The van der Waals surface area contributed by atoms with E-state index in [-0.39, 0.29) is 40.8 Å². The summed E-state index contributed by atoms with van der Waals surface area (Å²) in [7, 11) is -0.935. The van der Waals surface area contributed by atoms with Gasteiger partial charge < -0.3 is 14.4 Å². The summed E-state index contributed by atoms with van der Waals surface area (Å²) in [5.74, 6) is -1.04. The van der Waals surface area contributed by atoms with Crippen molar-refractivity contribution in [3.63, 3.8) is 0 Å². The Labute approximate surface area is 213 Å². The van der Waals surface area contributed by atoms with Gasteiger partial charge in [0.15, 0.2) is 10.2 Å². The third-order valence-corrected chi connectivity index (χ3v) is 6.60. The number of likely N-dealkylation sites (N-methyl/N-ethyl adjacent to an activating group) is 1. The van der Waals surface area contributed by atoms with E-state index in [0.29, 0.717) is 18.5 Å². The van der Waals surface area contributed by atoms with Gasteiger partial charge in [-0.1, -0.05) is 11.6 Å². The zero-order valence-corrected chi connectivity index (χ0v) is 21.8. The van der Waals surface area contributed by atoms with Crippen molar-refractivity contribution in [3.05, 3.63) is 52.0 Å². The molecule has 0 saturated carbocycles. The van der Waals surface area contributed by atoms with Crippen LogP contribution in [0.1, 0.15) is 29.5 Å². The molecule has 0 bridgehead atoms. The molecule has 1 aromatic carbocycles. The van der Waals surface area contributed by atoms with Gasteiger partial charge in [0.2, 0.25) is 0 Å². The molecule has 176 valence electrons. The number of amides is 1. The normalized spacial score (nSPS) is 17.3. The number of anilines is 1. The van der Waals surface area contributed by atoms with Crippen LogP contribution in [-0.2, 0) is 34.6 Å². The van der Waals surface area contributed by atoms with Crippen molar-refractivity contribution in [3.8, 4) is 0 Å². The van der Waals surface area contributed by atoms with E-state index in [1.165, 1.54) is 30.1 Å². The van der Waals surface area contributed by atoms with E-state index in [1.54, 1.807) is 7.05 Å². The first-order chi connectivity index (χ1) is 14.8. The second-order valence-electron chi connectivity index (χ2n) is 8.07. The maximum absolute atomic E-state index is 13.1. The number of likely N-dealkylation sites (tertiary alicyclic amines) is 1. The molecule has 1 unspecified atom stereocenters. The number of rotatable bonds is 6. The van der Waals surface area contributed by atoms with E-state index in [1.807, 2.05) is 11.9 Å². The van der Waals surface area contributed by atoms with E-state index < -0.39 is 40.3 Å². The van der Waals surface area contributed by atoms with Crippen molar-refractivity contribution in [2.75, 3.05) is 24.4 Å². The third kappa shape index (κ3) is 7.19. The van der Waals surface area contributed by atoms with Crippen LogP contribution in [0.3, 0.4) is 0 Å². The Hall–Kier alpha value is -1.60. The number of alkyl halides is 3. The molecule has 2 aromatic rings. The maximum Gasteiger partial charge on any atom is 1.00 e. The molecule has 1 atom stereocenters. The van der Waals surface area contributed by atoms with E-state index in [4.69, 9.17) is 0 Å². The van der Waals surface area contributed by atoms with Gasteiger partial charge >= 0.3 is 35.7 Å². The van der Waals surface area contributed by atoms with Crippen LogP contribution >= 0.6 is 0 Å². The first-order valence-corrected chi connectivity index (χ1v) is 11.4. The molecule has 13 heteroatoms. The molecule has 1 amide bonds. The minimum Gasteiger partial charge on any atom is -0.528 e. The summed E-state index contributed by atoms with van der Waals surface area (Å²) in [6, 6.07) is 2.76. The van der Waals surface area contributed by atoms with E-state index in [9.17, 15) is 26.4 Å². The van der Waals surface area contributed by atoms with Gasteiger partial charge in [-0.15, -0.1) is 0 Å². The van der Waals surface area contributed by atoms with E-state index in [2.05, 4.69) is 9.82 Å². The minimum absolute atomic E-state index is 0. The first-order valence-electron chi connectivity index (χ1n) is 10.0. The molecule has 1 aliphatic heterocycles. The molecule has 1 aliphatic rings. The summed E-state index contributed by atoms with van der Waals surface area (Å²) < 4.78 is 71.5. The van der Waals surface area contributed by atoms with Crippen LogP contribution in [0.25, 0.3) is 4.72 Å². The van der Waals surface area contributed by atoms with E-state index in [0.717, 1.165) is 29.4 Å². The van der Waals surface area contributed by atoms with Crippen molar-refractivity contribution < 1.29 is 55.9 Å². The minimum atomic E-state index is -4.57. The van der Waals surface area contributed by atoms with Crippen LogP contribution < -0.4 is 33.9 Å². The van der Waals surface area contributed by atoms with Gasteiger partial charge in [0.25, 0.3) is 0 Å². The van der Waals surface area contributed by atoms with Crippen LogP contribution in [0.2, 0.25) is 0 Å². The summed E-state index contributed by atoms with van der Waals surface area (Å²) in [6.07, 6.45) is -0.892. The Morgan fingerprint density at radius 1 is 1.27 bits per heavy atom.